The molecular formula is C13H16Cl2N2O2. The maximum absolute atomic E-state index is 11.8. The fourth-order valence-corrected chi connectivity index (χ4v) is 2.32. The first-order valence-corrected chi connectivity index (χ1v) is 6.78. The number of halogens is 2. The van der Waals surface area contributed by atoms with Gasteiger partial charge in [0, 0.05) is 12.0 Å². The highest BCUT2D eigenvalue weighted by Gasteiger charge is 2.32. The first-order valence-electron chi connectivity index (χ1n) is 6.02. The molecule has 6 heteroatoms. The second-order valence-corrected chi connectivity index (χ2v) is 5.87. The van der Waals surface area contributed by atoms with E-state index >= 15 is 0 Å². The molecule has 2 rings (SSSR count). The van der Waals surface area contributed by atoms with Crippen molar-refractivity contribution in [1.29, 1.82) is 0 Å². The SMILES string of the molecule is CC1(CNCC(=O)Nc2c(Cl)cccc2Cl)COC1. The molecule has 19 heavy (non-hydrogen) atoms. The number of ether oxygens (including phenoxy) is 1. The number of anilines is 1. The van der Waals surface area contributed by atoms with E-state index in [2.05, 4.69) is 17.6 Å². The number of benzene rings is 1. The van der Waals surface area contributed by atoms with Crippen LogP contribution < -0.4 is 10.6 Å². The predicted octanol–water partition coefficient (Wildman–Crippen LogP) is 2.56. The van der Waals surface area contributed by atoms with Crippen molar-refractivity contribution in [3.8, 4) is 0 Å². The minimum Gasteiger partial charge on any atom is -0.380 e. The summed E-state index contributed by atoms with van der Waals surface area (Å²) in [6, 6.07) is 5.10. The van der Waals surface area contributed by atoms with E-state index in [0.717, 1.165) is 19.8 Å². The zero-order chi connectivity index (χ0) is 13.9. The van der Waals surface area contributed by atoms with E-state index in [0.29, 0.717) is 15.7 Å². The lowest BCUT2D eigenvalue weighted by Crippen LogP contribution is -2.48. The van der Waals surface area contributed by atoms with Crippen LogP contribution in [0.3, 0.4) is 0 Å². The van der Waals surface area contributed by atoms with Crippen LogP contribution in [0.25, 0.3) is 0 Å². The highest BCUT2D eigenvalue weighted by atomic mass is 35.5. The minimum absolute atomic E-state index is 0.141. The van der Waals surface area contributed by atoms with Crippen molar-refractivity contribution >= 4 is 34.8 Å². The summed E-state index contributed by atoms with van der Waals surface area (Å²) in [6.45, 7) is 4.55. The van der Waals surface area contributed by atoms with Crippen LogP contribution in [0.2, 0.25) is 10.0 Å². The molecule has 1 saturated heterocycles. The van der Waals surface area contributed by atoms with Crippen molar-refractivity contribution in [1.82, 2.24) is 5.32 Å². The fraction of sp³-hybridized carbons (Fsp3) is 0.462. The van der Waals surface area contributed by atoms with Crippen LogP contribution >= 0.6 is 23.2 Å². The highest BCUT2D eigenvalue weighted by molar-refractivity contribution is 6.39. The van der Waals surface area contributed by atoms with Gasteiger partial charge in [-0.1, -0.05) is 36.2 Å². The van der Waals surface area contributed by atoms with Gasteiger partial charge in [0.15, 0.2) is 0 Å². The van der Waals surface area contributed by atoms with Gasteiger partial charge in [0.1, 0.15) is 0 Å². The van der Waals surface area contributed by atoms with Gasteiger partial charge in [-0.3, -0.25) is 4.79 Å². The van der Waals surface area contributed by atoms with Crippen molar-refractivity contribution in [2.75, 3.05) is 31.6 Å². The van der Waals surface area contributed by atoms with Crippen molar-refractivity contribution < 1.29 is 9.53 Å². The molecule has 1 aromatic carbocycles. The number of rotatable bonds is 5. The number of hydrogen-bond acceptors (Lipinski definition) is 3. The predicted molar refractivity (Wildman–Crippen MR) is 76.9 cm³/mol. The smallest absolute Gasteiger partial charge is 0.238 e. The standard InChI is InChI=1S/C13H16Cl2N2O2/c1-13(7-19-8-13)6-16-5-11(18)17-12-9(14)3-2-4-10(12)15/h2-4,16H,5-8H2,1H3,(H,17,18). The average Bonchev–Trinajstić information content (AvgIpc) is 2.32. The van der Waals surface area contributed by atoms with Crippen LogP contribution in [-0.2, 0) is 9.53 Å². The van der Waals surface area contributed by atoms with Gasteiger partial charge in [-0.25, -0.2) is 0 Å². The van der Waals surface area contributed by atoms with E-state index in [1.165, 1.54) is 0 Å². The molecule has 0 bridgehead atoms. The summed E-state index contributed by atoms with van der Waals surface area (Å²) < 4.78 is 5.15. The Morgan fingerprint density at radius 3 is 2.53 bits per heavy atom. The quantitative estimate of drug-likeness (QED) is 0.879. The lowest BCUT2D eigenvalue weighted by atomic mass is 9.89. The lowest BCUT2D eigenvalue weighted by molar-refractivity contribution is -0.117. The Balaban J connectivity index is 1.81. The molecule has 1 heterocycles. The number of carbonyl (C=O) groups excluding carboxylic acids is 1. The topological polar surface area (TPSA) is 50.4 Å². The maximum atomic E-state index is 11.8. The molecule has 0 radical (unpaired) electrons. The van der Waals surface area contributed by atoms with E-state index in [-0.39, 0.29) is 17.9 Å². The van der Waals surface area contributed by atoms with E-state index < -0.39 is 0 Å². The Labute approximate surface area is 122 Å². The zero-order valence-electron chi connectivity index (χ0n) is 10.6. The molecule has 0 spiro atoms. The third-order valence-electron chi connectivity index (χ3n) is 2.97. The van der Waals surface area contributed by atoms with Gasteiger partial charge >= 0.3 is 0 Å². The van der Waals surface area contributed by atoms with E-state index in [1.54, 1.807) is 18.2 Å². The van der Waals surface area contributed by atoms with Gasteiger partial charge in [0.2, 0.25) is 5.91 Å². The van der Waals surface area contributed by atoms with Crippen molar-refractivity contribution in [3.63, 3.8) is 0 Å². The molecule has 1 aromatic rings. The largest absolute Gasteiger partial charge is 0.380 e. The summed E-state index contributed by atoms with van der Waals surface area (Å²) in [5.41, 5.74) is 0.596. The van der Waals surface area contributed by atoms with Crippen LogP contribution in [0.5, 0.6) is 0 Å². The van der Waals surface area contributed by atoms with Gasteiger partial charge in [-0.2, -0.15) is 0 Å². The summed E-state index contributed by atoms with van der Waals surface area (Å²) in [7, 11) is 0. The molecule has 4 nitrogen and oxygen atoms in total. The molecular weight excluding hydrogens is 287 g/mol. The maximum Gasteiger partial charge on any atom is 0.238 e. The third kappa shape index (κ3) is 3.83. The third-order valence-corrected chi connectivity index (χ3v) is 3.60. The van der Waals surface area contributed by atoms with Gasteiger partial charge in [0.25, 0.3) is 0 Å². The molecule has 0 aliphatic carbocycles. The van der Waals surface area contributed by atoms with Gasteiger partial charge in [0.05, 0.1) is 35.5 Å². The number of para-hydroxylation sites is 1. The van der Waals surface area contributed by atoms with Gasteiger partial charge in [-0.05, 0) is 12.1 Å². The van der Waals surface area contributed by atoms with Gasteiger partial charge in [-0.15, -0.1) is 0 Å². The Bertz CT molecular complexity index is 455. The zero-order valence-corrected chi connectivity index (χ0v) is 12.1. The summed E-state index contributed by atoms with van der Waals surface area (Å²) in [6.07, 6.45) is 0. The fourth-order valence-electron chi connectivity index (χ4n) is 1.83. The summed E-state index contributed by atoms with van der Waals surface area (Å²) in [5, 5.41) is 6.67. The van der Waals surface area contributed by atoms with Gasteiger partial charge < -0.3 is 15.4 Å². The summed E-state index contributed by atoms with van der Waals surface area (Å²) in [4.78, 5) is 11.8. The highest BCUT2D eigenvalue weighted by Crippen LogP contribution is 2.29. The Hall–Kier alpha value is -0.810. The van der Waals surface area contributed by atoms with Crippen LogP contribution in [0.4, 0.5) is 5.69 Å². The van der Waals surface area contributed by atoms with Crippen molar-refractivity contribution in [2.24, 2.45) is 5.41 Å². The number of nitrogens with one attached hydrogen (secondary N) is 2. The summed E-state index contributed by atoms with van der Waals surface area (Å²) in [5.74, 6) is -0.168. The van der Waals surface area contributed by atoms with Crippen molar-refractivity contribution in [2.45, 2.75) is 6.92 Å². The Morgan fingerprint density at radius 1 is 1.37 bits per heavy atom. The van der Waals surface area contributed by atoms with Crippen LogP contribution in [-0.4, -0.2) is 32.2 Å². The molecule has 1 amide bonds. The van der Waals surface area contributed by atoms with E-state index in [1.807, 2.05) is 0 Å². The lowest BCUT2D eigenvalue weighted by Gasteiger charge is -2.38. The van der Waals surface area contributed by atoms with Crippen LogP contribution in [0.1, 0.15) is 6.92 Å². The Kier molecular flexibility index (Phi) is 4.68. The monoisotopic (exact) mass is 302 g/mol. The second-order valence-electron chi connectivity index (χ2n) is 5.05. The van der Waals surface area contributed by atoms with E-state index in [4.69, 9.17) is 27.9 Å². The first kappa shape index (κ1) is 14.6. The second kappa shape index (κ2) is 6.09. The molecule has 2 N–H and O–H groups in total. The number of hydrogen-bond donors (Lipinski definition) is 2. The molecule has 0 atom stereocenters. The minimum atomic E-state index is -0.168. The van der Waals surface area contributed by atoms with Crippen LogP contribution in [0.15, 0.2) is 18.2 Å². The normalized spacial score (nSPS) is 16.8. The average molecular weight is 303 g/mol. The molecule has 1 fully saturated rings. The molecule has 0 aromatic heterocycles. The molecule has 0 unspecified atom stereocenters. The first-order chi connectivity index (χ1) is 9.00. The van der Waals surface area contributed by atoms with Crippen molar-refractivity contribution in [3.05, 3.63) is 28.2 Å². The molecule has 0 saturated carbocycles. The molecule has 104 valence electrons. The number of carbonyl (C=O) groups is 1. The molecule has 1 aliphatic heterocycles. The summed E-state index contributed by atoms with van der Waals surface area (Å²) >= 11 is 12.0. The Morgan fingerprint density at radius 2 is 2.00 bits per heavy atom. The van der Waals surface area contributed by atoms with Crippen LogP contribution in [0, 0.1) is 5.41 Å². The number of amides is 1. The van der Waals surface area contributed by atoms with E-state index in [9.17, 15) is 4.79 Å². The molecule has 1 aliphatic rings.